The lowest BCUT2D eigenvalue weighted by Gasteiger charge is -2.29. The van der Waals surface area contributed by atoms with Crippen LogP contribution in [-0.2, 0) is 0 Å². The third-order valence-electron chi connectivity index (χ3n) is 4.83. The number of rotatable bonds is 1. The third-order valence-corrected chi connectivity index (χ3v) is 4.83. The summed E-state index contributed by atoms with van der Waals surface area (Å²) < 4.78 is 0. The number of nitrogens with two attached hydrogens (primary N) is 1. The van der Waals surface area contributed by atoms with Crippen molar-refractivity contribution in [3.63, 3.8) is 0 Å². The molecule has 1 saturated carbocycles. The first-order chi connectivity index (χ1) is 9.31. The highest BCUT2D eigenvalue weighted by Gasteiger charge is 2.39. The Morgan fingerprint density at radius 2 is 2.11 bits per heavy atom. The fourth-order valence-corrected chi connectivity index (χ4v) is 3.78. The molecule has 0 radical (unpaired) electrons. The number of nitrogens with zero attached hydrogens (tertiary/aromatic N) is 2. The molecule has 4 nitrogen and oxygen atoms in total. The van der Waals surface area contributed by atoms with Crippen LogP contribution >= 0.6 is 0 Å². The lowest BCUT2D eigenvalue weighted by Crippen LogP contribution is -2.38. The molecule has 2 aliphatic rings. The Balaban J connectivity index is 1.63. The van der Waals surface area contributed by atoms with Gasteiger partial charge in [0.1, 0.15) is 0 Å². The SMILES string of the molecule is NC1CCCC2CN(c3nc4ccccc4[nH]3)CC12. The van der Waals surface area contributed by atoms with Gasteiger partial charge in [-0.05, 0) is 36.8 Å². The van der Waals surface area contributed by atoms with Crippen LogP contribution in [0.15, 0.2) is 24.3 Å². The molecule has 1 aliphatic heterocycles. The van der Waals surface area contributed by atoms with Gasteiger partial charge in [0, 0.05) is 19.1 Å². The van der Waals surface area contributed by atoms with Crippen molar-refractivity contribution >= 4 is 17.0 Å². The van der Waals surface area contributed by atoms with Crippen LogP contribution in [0.5, 0.6) is 0 Å². The van der Waals surface area contributed by atoms with Crippen LogP contribution in [0.3, 0.4) is 0 Å². The van der Waals surface area contributed by atoms with Gasteiger partial charge in [0.15, 0.2) is 0 Å². The summed E-state index contributed by atoms with van der Waals surface area (Å²) in [6.07, 6.45) is 3.81. The Bertz CT molecular complexity index is 558. The van der Waals surface area contributed by atoms with E-state index in [1.54, 1.807) is 0 Å². The lowest BCUT2D eigenvalue weighted by molar-refractivity contribution is 0.260. The highest BCUT2D eigenvalue weighted by molar-refractivity contribution is 5.77. The second-order valence-corrected chi connectivity index (χ2v) is 6.00. The maximum atomic E-state index is 6.28. The Labute approximate surface area is 113 Å². The van der Waals surface area contributed by atoms with Gasteiger partial charge in [0.2, 0.25) is 5.95 Å². The maximum absolute atomic E-state index is 6.28. The van der Waals surface area contributed by atoms with Crippen LogP contribution in [0.2, 0.25) is 0 Å². The number of fused-ring (bicyclic) bond motifs is 2. The molecule has 0 bridgehead atoms. The van der Waals surface area contributed by atoms with Crippen molar-refractivity contribution < 1.29 is 0 Å². The fraction of sp³-hybridized carbons (Fsp3) is 0.533. The van der Waals surface area contributed by atoms with E-state index in [4.69, 9.17) is 10.7 Å². The standard InChI is InChI=1S/C15H20N4/c16-12-5-3-4-10-8-19(9-11(10)12)15-17-13-6-1-2-7-14(13)18-15/h1-2,6-7,10-12H,3-5,8-9,16H2,(H,17,18). The smallest absolute Gasteiger partial charge is 0.203 e. The molecule has 1 aromatic heterocycles. The lowest BCUT2D eigenvalue weighted by atomic mass is 9.78. The van der Waals surface area contributed by atoms with Crippen molar-refractivity contribution in [2.45, 2.75) is 25.3 Å². The quantitative estimate of drug-likeness (QED) is 0.821. The van der Waals surface area contributed by atoms with E-state index in [0.717, 1.165) is 36.0 Å². The van der Waals surface area contributed by atoms with Crippen LogP contribution in [0.4, 0.5) is 5.95 Å². The van der Waals surface area contributed by atoms with Crippen molar-refractivity contribution in [2.24, 2.45) is 17.6 Å². The molecule has 0 amide bonds. The fourth-order valence-electron chi connectivity index (χ4n) is 3.78. The second-order valence-electron chi connectivity index (χ2n) is 6.00. The number of anilines is 1. The molecule has 2 heterocycles. The van der Waals surface area contributed by atoms with Crippen LogP contribution in [0.1, 0.15) is 19.3 Å². The number of H-pyrrole nitrogens is 1. The number of aromatic nitrogens is 2. The van der Waals surface area contributed by atoms with Crippen molar-refractivity contribution in [3.05, 3.63) is 24.3 Å². The van der Waals surface area contributed by atoms with Gasteiger partial charge < -0.3 is 15.6 Å². The largest absolute Gasteiger partial charge is 0.342 e. The molecule has 1 saturated heterocycles. The number of benzene rings is 1. The van der Waals surface area contributed by atoms with E-state index in [1.807, 2.05) is 12.1 Å². The monoisotopic (exact) mass is 256 g/mol. The molecule has 1 aromatic carbocycles. The first kappa shape index (κ1) is 11.3. The predicted molar refractivity (Wildman–Crippen MR) is 77.1 cm³/mol. The van der Waals surface area contributed by atoms with Gasteiger partial charge in [-0.25, -0.2) is 4.98 Å². The van der Waals surface area contributed by atoms with E-state index in [0.29, 0.717) is 12.0 Å². The normalized spacial score (nSPS) is 30.8. The first-order valence-corrected chi connectivity index (χ1v) is 7.26. The summed E-state index contributed by atoms with van der Waals surface area (Å²) in [6.45, 7) is 2.17. The number of hydrogen-bond acceptors (Lipinski definition) is 3. The van der Waals surface area contributed by atoms with Crippen LogP contribution in [0, 0.1) is 11.8 Å². The minimum absolute atomic E-state index is 0.383. The molecule has 2 fully saturated rings. The van der Waals surface area contributed by atoms with E-state index in [9.17, 15) is 0 Å². The predicted octanol–water partition coefficient (Wildman–Crippen LogP) is 2.13. The van der Waals surface area contributed by atoms with Gasteiger partial charge >= 0.3 is 0 Å². The summed E-state index contributed by atoms with van der Waals surface area (Å²) in [7, 11) is 0. The Hall–Kier alpha value is -1.55. The number of aromatic amines is 1. The number of para-hydroxylation sites is 2. The van der Waals surface area contributed by atoms with E-state index in [1.165, 1.54) is 19.3 Å². The second kappa shape index (κ2) is 4.23. The van der Waals surface area contributed by atoms with Crippen molar-refractivity contribution in [2.75, 3.05) is 18.0 Å². The molecule has 3 N–H and O–H groups in total. The molecular formula is C15H20N4. The molecule has 3 unspecified atom stereocenters. The van der Waals surface area contributed by atoms with Gasteiger partial charge in [0.05, 0.1) is 11.0 Å². The van der Waals surface area contributed by atoms with Gasteiger partial charge in [-0.2, -0.15) is 0 Å². The van der Waals surface area contributed by atoms with Crippen molar-refractivity contribution in [3.8, 4) is 0 Å². The number of imidazole rings is 1. The van der Waals surface area contributed by atoms with E-state index in [-0.39, 0.29) is 0 Å². The minimum atomic E-state index is 0.383. The highest BCUT2D eigenvalue weighted by atomic mass is 15.3. The molecule has 100 valence electrons. The van der Waals surface area contributed by atoms with Crippen molar-refractivity contribution in [1.29, 1.82) is 0 Å². The number of hydrogen-bond donors (Lipinski definition) is 2. The molecular weight excluding hydrogens is 236 g/mol. The topological polar surface area (TPSA) is 57.9 Å². The zero-order valence-electron chi connectivity index (χ0n) is 11.0. The van der Waals surface area contributed by atoms with Crippen LogP contribution in [-0.4, -0.2) is 29.1 Å². The average molecular weight is 256 g/mol. The molecule has 0 spiro atoms. The molecule has 4 rings (SSSR count). The summed E-state index contributed by atoms with van der Waals surface area (Å²) in [4.78, 5) is 10.5. The van der Waals surface area contributed by atoms with Gasteiger partial charge in [-0.1, -0.05) is 18.6 Å². The Morgan fingerprint density at radius 1 is 1.21 bits per heavy atom. The van der Waals surface area contributed by atoms with Crippen LogP contribution in [0.25, 0.3) is 11.0 Å². The Morgan fingerprint density at radius 3 is 2.95 bits per heavy atom. The summed E-state index contributed by atoms with van der Waals surface area (Å²) >= 11 is 0. The minimum Gasteiger partial charge on any atom is -0.342 e. The van der Waals surface area contributed by atoms with Gasteiger partial charge in [-0.15, -0.1) is 0 Å². The average Bonchev–Trinajstić information content (AvgIpc) is 3.02. The summed E-state index contributed by atoms with van der Waals surface area (Å²) in [5, 5.41) is 0. The third kappa shape index (κ3) is 1.82. The van der Waals surface area contributed by atoms with Gasteiger partial charge in [-0.3, -0.25) is 0 Å². The molecule has 3 atom stereocenters. The van der Waals surface area contributed by atoms with Gasteiger partial charge in [0.25, 0.3) is 0 Å². The highest BCUT2D eigenvalue weighted by Crippen LogP contribution is 2.37. The maximum Gasteiger partial charge on any atom is 0.203 e. The van der Waals surface area contributed by atoms with Crippen LogP contribution < -0.4 is 10.6 Å². The summed E-state index contributed by atoms with van der Waals surface area (Å²) in [5.74, 6) is 2.43. The molecule has 2 aromatic rings. The van der Waals surface area contributed by atoms with Crippen molar-refractivity contribution in [1.82, 2.24) is 9.97 Å². The van der Waals surface area contributed by atoms with E-state index >= 15 is 0 Å². The zero-order valence-corrected chi connectivity index (χ0v) is 11.0. The first-order valence-electron chi connectivity index (χ1n) is 7.26. The number of nitrogens with one attached hydrogen (secondary N) is 1. The van der Waals surface area contributed by atoms with E-state index < -0.39 is 0 Å². The Kier molecular flexibility index (Phi) is 2.52. The molecule has 19 heavy (non-hydrogen) atoms. The summed E-state index contributed by atoms with van der Waals surface area (Å²) in [5.41, 5.74) is 8.45. The summed E-state index contributed by atoms with van der Waals surface area (Å²) in [6, 6.07) is 8.61. The van der Waals surface area contributed by atoms with E-state index in [2.05, 4.69) is 22.0 Å². The molecule has 1 aliphatic carbocycles. The molecule has 4 heteroatoms. The zero-order chi connectivity index (χ0) is 12.8.